The lowest BCUT2D eigenvalue weighted by molar-refractivity contribution is 0.755. The van der Waals surface area contributed by atoms with Gasteiger partial charge in [-0.2, -0.15) is 0 Å². The van der Waals surface area contributed by atoms with Crippen LogP contribution in [0.3, 0.4) is 0 Å². The molecule has 3 nitrogen and oxygen atoms in total. The molecule has 2 heterocycles. The highest BCUT2D eigenvalue weighted by molar-refractivity contribution is 5.21. The standard InChI is InChI=1S/C8H11N3/c1-2-8-10-4-6-3-9-5-7(6)11-8/h4,9H,2-3,5H2,1H3. The molecular weight excluding hydrogens is 138 g/mol. The summed E-state index contributed by atoms with van der Waals surface area (Å²) in [6.45, 7) is 3.91. The summed E-state index contributed by atoms with van der Waals surface area (Å²) < 4.78 is 0. The van der Waals surface area contributed by atoms with Crippen LogP contribution in [0.4, 0.5) is 0 Å². The Labute approximate surface area is 65.9 Å². The van der Waals surface area contributed by atoms with E-state index in [0.717, 1.165) is 25.3 Å². The molecule has 1 aromatic rings. The van der Waals surface area contributed by atoms with Crippen LogP contribution >= 0.6 is 0 Å². The first-order chi connectivity index (χ1) is 5.40. The Balaban J connectivity index is 2.41. The summed E-state index contributed by atoms with van der Waals surface area (Å²) in [4.78, 5) is 8.62. The molecule has 0 saturated carbocycles. The van der Waals surface area contributed by atoms with Gasteiger partial charge in [-0.05, 0) is 0 Å². The second-order valence-corrected chi connectivity index (χ2v) is 2.72. The molecule has 0 bridgehead atoms. The molecule has 0 radical (unpaired) electrons. The van der Waals surface area contributed by atoms with Crippen LogP contribution in [0.15, 0.2) is 6.20 Å². The van der Waals surface area contributed by atoms with Gasteiger partial charge < -0.3 is 5.32 Å². The molecule has 2 rings (SSSR count). The third-order valence-electron chi connectivity index (χ3n) is 1.93. The van der Waals surface area contributed by atoms with E-state index in [2.05, 4.69) is 22.2 Å². The third kappa shape index (κ3) is 1.12. The minimum atomic E-state index is 0.908. The van der Waals surface area contributed by atoms with Crippen LogP contribution in [-0.4, -0.2) is 9.97 Å². The van der Waals surface area contributed by atoms with Crippen molar-refractivity contribution in [3.63, 3.8) is 0 Å². The first kappa shape index (κ1) is 6.73. The van der Waals surface area contributed by atoms with Gasteiger partial charge in [0.2, 0.25) is 0 Å². The maximum Gasteiger partial charge on any atom is 0.128 e. The van der Waals surface area contributed by atoms with Crippen molar-refractivity contribution in [3.8, 4) is 0 Å². The molecule has 1 aromatic heterocycles. The Hall–Kier alpha value is -0.960. The molecule has 0 amide bonds. The molecule has 1 N–H and O–H groups in total. The van der Waals surface area contributed by atoms with E-state index in [1.807, 2.05) is 6.20 Å². The number of fused-ring (bicyclic) bond motifs is 1. The molecule has 3 heteroatoms. The van der Waals surface area contributed by atoms with Gasteiger partial charge in [0, 0.05) is 31.3 Å². The van der Waals surface area contributed by atoms with E-state index in [1.165, 1.54) is 11.3 Å². The van der Waals surface area contributed by atoms with Crippen LogP contribution in [0, 0.1) is 0 Å². The fourth-order valence-electron chi connectivity index (χ4n) is 1.27. The molecule has 58 valence electrons. The van der Waals surface area contributed by atoms with Crippen molar-refractivity contribution in [1.29, 1.82) is 0 Å². The smallest absolute Gasteiger partial charge is 0.128 e. The molecule has 0 saturated heterocycles. The maximum atomic E-state index is 4.40. The van der Waals surface area contributed by atoms with Crippen LogP contribution in [-0.2, 0) is 19.5 Å². The third-order valence-corrected chi connectivity index (χ3v) is 1.93. The quantitative estimate of drug-likeness (QED) is 0.636. The Kier molecular flexibility index (Phi) is 1.58. The second kappa shape index (κ2) is 2.58. The van der Waals surface area contributed by atoms with Crippen LogP contribution in [0.2, 0.25) is 0 Å². The molecule has 0 aliphatic carbocycles. The van der Waals surface area contributed by atoms with E-state index in [1.54, 1.807) is 0 Å². The predicted octanol–water partition coefficient (Wildman–Crippen LogP) is 0.642. The van der Waals surface area contributed by atoms with Gasteiger partial charge in [0.25, 0.3) is 0 Å². The number of hydrogen-bond acceptors (Lipinski definition) is 3. The highest BCUT2D eigenvalue weighted by Gasteiger charge is 2.11. The van der Waals surface area contributed by atoms with E-state index < -0.39 is 0 Å². The van der Waals surface area contributed by atoms with E-state index in [-0.39, 0.29) is 0 Å². The summed E-state index contributed by atoms with van der Waals surface area (Å²) in [7, 11) is 0. The Bertz CT molecular complexity index is 270. The normalized spacial score (nSPS) is 15.0. The largest absolute Gasteiger partial charge is 0.307 e. The lowest BCUT2D eigenvalue weighted by atomic mass is 10.3. The van der Waals surface area contributed by atoms with Gasteiger partial charge in [-0.25, -0.2) is 9.97 Å². The molecule has 11 heavy (non-hydrogen) atoms. The van der Waals surface area contributed by atoms with Crippen LogP contribution < -0.4 is 5.32 Å². The molecule has 0 unspecified atom stereocenters. The molecular formula is C8H11N3. The Morgan fingerprint density at radius 3 is 3.27 bits per heavy atom. The SMILES string of the molecule is CCc1ncc2c(n1)CNC2. The summed E-state index contributed by atoms with van der Waals surface area (Å²) in [6, 6.07) is 0. The summed E-state index contributed by atoms with van der Waals surface area (Å²) in [6.07, 6.45) is 2.86. The van der Waals surface area contributed by atoms with Gasteiger partial charge in [-0.3, -0.25) is 0 Å². The highest BCUT2D eigenvalue weighted by Crippen LogP contribution is 2.10. The number of aromatic nitrogens is 2. The number of nitrogens with zero attached hydrogens (tertiary/aromatic N) is 2. The Morgan fingerprint density at radius 1 is 1.55 bits per heavy atom. The van der Waals surface area contributed by atoms with E-state index >= 15 is 0 Å². The van der Waals surface area contributed by atoms with Crippen LogP contribution in [0.25, 0.3) is 0 Å². The van der Waals surface area contributed by atoms with Crippen LogP contribution in [0.5, 0.6) is 0 Å². The first-order valence-electron chi connectivity index (χ1n) is 3.94. The van der Waals surface area contributed by atoms with Crippen molar-refractivity contribution >= 4 is 0 Å². The van der Waals surface area contributed by atoms with Gasteiger partial charge in [-0.1, -0.05) is 6.92 Å². The van der Waals surface area contributed by atoms with E-state index in [4.69, 9.17) is 0 Å². The monoisotopic (exact) mass is 149 g/mol. The van der Waals surface area contributed by atoms with Crippen molar-refractivity contribution in [1.82, 2.24) is 15.3 Å². The molecule has 1 aliphatic rings. The lowest BCUT2D eigenvalue weighted by Gasteiger charge is -1.97. The zero-order valence-electron chi connectivity index (χ0n) is 6.59. The molecule has 0 atom stereocenters. The number of hydrogen-bond donors (Lipinski definition) is 1. The van der Waals surface area contributed by atoms with Crippen molar-refractivity contribution in [2.75, 3.05) is 0 Å². The summed E-state index contributed by atoms with van der Waals surface area (Å²) in [5.74, 6) is 0.951. The highest BCUT2D eigenvalue weighted by atomic mass is 15.0. The zero-order chi connectivity index (χ0) is 7.68. The van der Waals surface area contributed by atoms with Crippen LogP contribution in [0.1, 0.15) is 24.0 Å². The topological polar surface area (TPSA) is 37.8 Å². The first-order valence-corrected chi connectivity index (χ1v) is 3.94. The summed E-state index contributed by atoms with van der Waals surface area (Å²) in [5.41, 5.74) is 2.43. The summed E-state index contributed by atoms with van der Waals surface area (Å²) in [5, 5.41) is 3.24. The van der Waals surface area contributed by atoms with Crippen molar-refractivity contribution in [2.45, 2.75) is 26.4 Å². The fraction of sp³-hybridized carbons (Fsp3) is 0.500. The van der Waals surface area contributed by atoms with Crippen molar-refractivity contribution in [3.05, 3.63) is 23.3 Å². The average Bonchev–Trinajstić information content (AvgIpc) is 2.50. The minimum absolute atomic E-state index is 0.908. The molecule has 0 fully saturated rings. The van der Waals surface area contributed by atoms with Gasteiger partial charge in [0.1, 0.15) is 5.82 Å². The maximum absolute atomic E-state index is 4.40. The summed E-state index contributed by atoms with van der Waals surface area (Å²) >= 11 is 0. The number of rotatable bonds is 1. The van der Waals surface area contributed by atoms with Crippen molar-refractivity contribution < 1.29 is 0 Å². The van der Waals surface area contributed by atoms with Gasteiger partial charge >= 0.3 is 0 Å². The lowest BCUT2D eigenvalue weighted by Crippen LogP contribution is -2.00. The zero-order valence-corrected chi connectivity index (χ0v) is 6.59. The molecule has 0 aromatic carbocycles. The van der Waals surface area contributed by atoms with Crippen molar-refractivity contribution in [2.24, 2.45) is 0 Å². The van der Waals surface area contributed by atoms with E-state index in [0.29, 0.717) is 0 Å². The van der Waals surface area contributed by atoms with Gasteiger partial charge in [0.15, 0.2) is 0 Å². The van der Waals surface area contributed by atoms with Gasteiger partial charge in [-0.15, -0.1) is 0 Å². The predicted molar refractivity (Wildman–Crippen MR) is 42.0 cm³/mol. The average molecular weight is 149 g/mol. The number of aryl methyl sites for hydroxylation is 1. The second-order valence-electron chi connectivity index (χ2n) is 2.72. The fourth-order valence-corrected chi connectivity index (χ4v) is 1.27. The minimum Gasteiger partial charge on any atom is -0.307 e. The molecule has 0 spiro atoms. The number of nitrogens with one attached hydrogen (secondary N) is 1. The van der Waals surface area contributed by atoms with Gasteiger partial charge in [0.05, 0.1) is 5.69 Å². The van der Waals surface area contributed by atoms with E-state index in [9.17, 15) is 0 Å². The molecule has 1 aliphatic heterocycles. The Morgan fingerprint density at radius 2 is 2.45 bits per heavy atom.